The minimum atomic E-state index is -0.981. The molecule has 0 radical (unpaired) electrons. The van der Waals surface area contributed by atoms with Crippen LogP contribution in [-0.4, -0.2) is 11.1 Å². The van der Waals surface area contributed by atoms with E-state index in [9.17, 15) is 4.79 Å². The monoisotopic (exact) mass is 478 g/mol. The van der Waals surface area contributed by atoms with Crippen LogP contribution in [0.3, 0.4) is 0 Å². The highest BCUT2D eigenvalue weighted by atomic mass is 17.9. The third-order valence-corrected chi connectivity index (χ3v) is 3.48. The number of carboxylic acid groups (broad SMARTS) is 1. The molecule has 0 heterocycles. The van der Waals surface area contributed by atoms with Gasteiger partial charge in [-0.05, 0) is 18.6 Å². The van der Waals surface area contributed by atoms with E-state index in [-0.39, 0.29) is 0 Å². The largest absolute Gasteiger partial charge is 0.478 e. The molecule has 0 aliphatic heterocycles. The maximum absolute atomic E-state index is 9.25. The Morgan fingerprint density at radius 2 is 1.30 bits per heavy atom. The molecule has 0 aliphatic carbocycles. The maximum Gasteiger partial charge on any atom is 0.327 e. The zero-order chi connectivity index (χ0) is 24.4. The molecule has 0 bridgehead atoms. The average Bonchev–Trinajstić information content (AvgIpc) is 2.83. The fourth-order valence-electron chi connectivity index (χ4n) is 1.99. The van der Waals surface area contributed by atoms with Gasteiger partial charge < -0.3 is 14.9 Å². The molecule has 0 amide bonds. The van der Waals surface area contributed by atoms with Gasteiger partial charge in [-0.15, -0.1) is 0 Å². The Hall–Kier alpha value is -2.59. The van der Waals surface area contributed by atoms with Crippen LogP contribution in [0.15, 0.2) is 55.3 Å². The number of para-hydroxylation sites is 1. The molecular weight excluding hydrogens is 448 g/mol. The fourth-order valence-corrected chi connectivity index (χ4v) is 1.99. The normalized spacial score (nSPS) is 10.1. The molecule has 0 saturated heterocycles. The highest BCUT2D eigenvalue weighted by Gasteiger charge is 2.01. The number of unbranched alkanes of at least 4 members (excludes halogenated alkanes) is 6. The number of rotatable bonds is 21. The minimum absolute atomic E-state index is 0.366. The summed E-state index contributed by atoms with van der Waals surface area (Å²) in [5.41, 5.74) is 0. The second-order valence-electron chi connectivity index (χ2n) is 6.04. The number of carbonyl (C=O) groups is 1. The van der Waals surface area contributed by atoms with E-state index in [1.165, 1.54) is 32.1 Å². The summed E-state index contributed by atoms with van der Waals surface area (Å²) in [6, 6.07) is 8.46. The van der Waals surface area contributed by atoms with Crippen LogP contribution < -0.4 is 4.89 Å². The number of carboxylic acids is 1. The quantitative estimate of drug-likeness (QED) is 0.0805. The zero-order valence-corrected chi connectivity index (χ0v) is 18.4. The molecule has 1 rings (SSSR count). The van der Waals surface area contributed by atoms with Gasteiger partial charge in [-0.3, -0.25) is 0 Å². The molecule has 1 aromatic rings. The van der Waals surface area contributed by atoms with Crippen molar-refractivity contribution in [3.8, 4) is 5.75 Å². The van der Waals surface area contributed by atoms with Crippen LogP contribution >= 0.6 is 0 Å². The summed E-state index contributed by atoms with van der Waals surface area (Å²) in [6.07, 6.45) is 9.74. The number of hydrogen-bond donors (Lipinski definition) is 1. The van der Waals surface area contributed by atoms with Crippen LogP contribution in [0.25, 0.3) is 0 Å². The highest BCUT2D eigenvalue weighted by molar-refractivity contribution is 5.78. The second-order valence-corrected chi connectivity index (χ2v) is 6.04. The molecule has 0 aromatic heterocycles. The van der Waals surface area contributed by atoms with Gasteiger partial charge in [0.05, 0.1) is 0 Å². The van der Waals surface area contributed by atoms with Gasteiger partial charge in [0.15, 0.2) is 5.75 Å². The van der Waals surface area contributed by atoms with Crippen LogP contribution in [0.1, 0.15) is 58.3 Å². The molecule has 13 heteroatoms. The van der Waals surface area contributed by atoms with Crippen molar-refractivity contribution in [2.75, 3.05) is 0 Å². The minimum Gasteiger partial charge on any atom is -0.478 e. The van der Waals surface area contributed by atoms with Crippen molar-refractivity contribution in [1.82, 2.24) is 0 Å². The Bertz CT molecular complexity index is 597. The van der Waals surface area contributed by atoms with Gasteiger partial charge in [0, 0.05) is 57.8 Å². The van der Waals surface area contributed by atoms with Crippen molar-refractivity contribution < 1.29 is 65.0 Å². The van der Waals surface area contributed by atoms with Gasteiger partial charge in [0.1, 0.15) is 5.76 Å². The van der Waals surface area contributed by atoms with Crippen molar-refractivity contribution in [2.24, 2.45) is 0 Å². The zero-order valence-electron chi connectivity index (χ0n) is 18.4. The third-order valence-electron chi connectivity index (χ3n) is 3.48. The topological polar surface area (TPSA) is 139 Å². The molecular formula is C20H30O13. The number of benzene rings is 1. The smallest absolute Gasteiger partial charge is 0.327 e. The van der Waals surface area contributed by atoms with E-state index in [0.29, 0.717) is 17.9 Å². The molecule has 0 unspecified atom stereocenters. The Kier molecular flexibility index (Phi) is 22.2. The number of allylic oxidation sites excluding steroid dienone is 1. The standard InChI is InChI=1S/C17H26O11.C3H4O2/c1-3-4-5-6-7-8-10-13-16(2)18-20-22-24-26-28-27-25-23-21-19-17-14-11-9-12-15-17;1-2-3(4)5/h9,11-12,14-15H,2-8,10,13H2,1H3;2H,1H2,(H,4,5). The average molecular weight is 478 g/mol. The van der Waals surface area contributed by atoms with Crippen molar-refractivity contribution in [2.45, 2.75) is 58.3 Å². The summed E-state index contributed by atoms with van der Waals surface area (Å²) in [5.74, 6) is -0.239. The van der Waals surface area contributed by atoms with Gasteiger partial charge in [-0.25, -0.2) is 4.79 Å². The van der Waals surface area contributed by atoms with E-state index in [1.54, 1.807) is 30.3 Å². The predicted octanol–water partition coefficient (Wildman–Crippen LogP) is 5.29. The summed E-state index contributed by atoms with van der Waals surface area (Å²) in [7, 11) is 0. The van der Waals surface area contributed by atoms with Gasteiger partial charge in [0.2, 0.25) is 0 Å². The molecule has 0 spiro atoms. The third kappa shape index (κ3) is 23.9. The lowest BCUT2D eigenvalue weighted by Crippen LogP contribution is -2.04. The summed E-state index contributed by atoms with van der Waals surface area (Å²) in [6.45, 7) is 8.81. The Morgan fingerprint density at radius 3 is 1.85 bits per heavy atom. The van der Waals surface area contributed by atoms with E-state index in [0.717, 1.165) is 18.9 Å². The molecule has 0 saturated carbocycles. The predicted molar refractivity (Wildman–Crippen MR) is 108 cm³/mol. The highest BCUT2D eigenvalue weighted by Crippen LogP contribution is 2.12. The van der Waals surface area contributed by atoms with Crippen LogP contribution in [0.4, 0.5) is 0 Å². The molecule has 13 nitrogen and oxygen atoms in total. The van der Waals surface area contributed by atoms with E-state index in [1.807, 2.05) is 0 Å². The van der Waals surface area contributed by atoms with Crippen LogP contribution in [0.5, 0.6) is 5.75 Å². The van der Waals surface area contributed by atoms with Crippen LogP contribution in [0.2, 0.25) is 0 Å². The summed E-state index contributed by atoms with van der Waals surface area (Å²) in [4.78, 5) is 18.5. The second kappa shape index (κ2) is 24.1. The lowest BCUT2D eigenvalue weighted by atomic mass is 10.1. The van der Waals surface area contributed by atoms with Crippen molar-refractivity contribution >= 4 is 5.97 Å². The van der Waals surface area contributed by atoms with E-state index < -0.39 is 5.97 Å². The first-order chi connectivity index (χ1) is 16.1. The van der Waals surface area contributed by atoms with Gasteiger partial charge in [-0.1, -0.05) is 76.8 Å². The Balaban J connectivity index is 0.00000184. The fraction of sp³-hybridized carbons (Fsp3) is 0.450. The Labute approximate surface area is 191 Å². The lowest BCUT2D eigenvalue weighted by molar-refractivity contribution is -0.851. The lowest BCUT2D eigenvalue weighted by Gasteiger charge is -2.05. The molecule has 0 fully saturated rings. The first kappa shape index (κ1) is 30.4. The molecule has 33 heavy (non-hydrogen) atoms. The number of aliphatic carboxylic acids is 1. The summed E-state index contributed by atoms with van der Waals surface area (Å²) < 4.78 is 0. The van der Waals surface area contributed by atoms with Crippen molar-refractivity contribution in [3.05, 3.63) is 55.3 Å². The molecule has 1 N–H and O–H groups in total. The summed E-state index contributed by atoms with van der Waals surface area (Å²) >= 11 is 0. The summed E-state index contributed by atoms with van der Waals surface area (Å²) in [5, 5.41) is 43.2. The van der Waals surface area contributed by atoms with E-state index in [2.05, 4.69) is 75.2 Å². The van der Waals surface area contributed by atoms with E-state index >= 15 is 0 Å². The van der Waals surface area contributed by atoms with Crippen molar-refractivity contribution in [3.63, 3.8) is 0 Å². The van der Waals surface area contributed by atoms with Gasteiger partial charge in [0.25, 0.3) is 0 Å². The van der Waals surface area contributed by atoms with Crippen LogP contribution in [-0.2, 0) is 55.0 Å². The SMILES string of the molecule is C=C(CCCCCCCCC)OOOOOOOOOOOc1ccccc1.C=CC(=O)O. The molecule has 0 aliphatic rings. The van der Waals surface area contributed by atoms with Crippen LogP contribution in [0, 0.1) is 0 Å². The van der Waals surface area contributed by atoms with Gasteiger partial charge in [-0.2, -0.15) is 0 Å². The maximum atomic E-state index is 9.25. The van der Waals surface area contributed by atoms with E-state index in [4.69, 9.17) is 5.11 Å². The molecule has 1 aromatic carbocycles. The number of hydrogen-bond acceptors (Lipinski definition) is 12. The first-order valence-electron chi connectivity index (χ1n) is 10.0. The molecule has 188 valence electrons. The van der Waals surface area contributed by atoms with Crippen molar-refractivity contribution in [1.29, 1.82) is 0 Å². The first-order valence-corrected chi connectivity index (χ1v) is 10.0. The Morgan fingerprint density at radius 1 is 0.818 bits per heavy atom. The molecule has 0 atom stereocenters. The van der Waals surface area contributed by atoms with Gasteiger partial charge >= 0.3 is 5.97 Å².